The molecule has 2 rings (SSSR count). The third-order valence-electron chi connectivity index (χ3n) is 5.46. The van der Waals surface area contributed by atoms with Gasteiger partial charge >= 0.3 is 0 Å². The number of ether oxygens (including phenoxy) is 1. The Morgan fingerprint density at radius 2 is 1.72 bits per heavy atom. The number of nitrogens with one attached hydrogen (secondary N) is 1. The maximum Gasteiger partial charge on any atom is 0.271 e. The fourth-order valence-corrected chi connectivity index (χ4v) is 4.39. The molecule has 2 amide bonds. The van der Waals surface area contributed by atoms with Crippen molar-refractivity contribution >= 4 is 33.2 Å². The van der Waals surface area contributed by atoms with Gasteiger partial charge in [0.15, 0.2) is 0 Å². The van der Waals surface area contributed by atoms with E-state index in [1.54, 1.807) is 52.0 Å². The van der Waals surface area contributed by atoms with Crippen LogP contribution in [-0.2, 0) is 26.2 Å². The van der Waals surface area contributed by atoms with Crippen molar-refractivity contribution in [1.29, 1.82) is 0 Å². The number of anilines is 1. The number of nitro groups is 1. The molecular formula is C24H32N4O7S. The Morgan fingerprint density at radius 1 is 1.11 bits per heavy atom. The lowest BCUT2D eigenvalue weighted by atomic mass is 10.1. The fourth-order valence-electron chi connectivity index (χ4n) is 3.49. The largest absolute Gasteiger partial charge is 0.497 e. The summed E-state index contributed by atoms with van der Waals surface area (Å²) in [5, 5.41) is 14.0. The summed E-state index contributed by atoms with van der Waals surface area (Å²) in [6.07, 6.45) is 0.918. The molecule has 36 heavy (non-hydrogen) atoms. The van der Waals surface area contributed by atoms with Crippen LogP contribution in [0.25, 0.3) is 0 Å². The molecule has 2 aromatic carbocycles. The van der Waals surface area contributed by atoms with Crippen LogP contribution in [0.1, 0.15) is 31.9 Å². The third-order valence-corrected chi connectivity index (χ3v) is 6.59. The van der Waals surface area contributed by atoms with Gasteiger partial charge in [-0.25, -0.2) is 8.42 Å². The van der Waals surface area contributed by atoms with Gasteiger partial charge in [-0.3, -0.25) is 24.0 Å². The van der Waals surface area contributed by atoms with Crippen LogP contribution < -0.4 is 14.4 Å². The quantitative estimate of drug-likeness (QED) is 0.355. The van der Waals surface area contributed by atoms with Gasteiger partial charge in [0.1, 0.15) is 18.3 Å². The molecule has 0 aliphatic heterocycles. The van der Waals surface area contributed by atoms with Crippen LogP contribution in [0.3, 0.4) is 0 Å². The molecule has 0 bridgehead atoms. The molecule has 0 saturated carbocycles. The number of nitro benzene ring substituents is 1. The van der Waals surface area contributed by atoms with Crippen LogP contribution in [0.15, 0.2) is 42.5 Å². The van der Waals surface area contributed by atoms with Crippen molar-refractivity contribution < 1.29 is 27.7 Å². The van der Waals surface area contributed by atoms with E-state index in [1.165, 1.54) is 24.1 Å². The van der Waals surface area contributed by atoms with Crippen LogP contribution in [0, 0.1) is 17.0 Å². The Bertz CT molecular complexity index is 1210. The standard InChI is InChI=1S/C24H32N4O7S/c1-16(2)25-24(30)18(4)26(14-19-8-11-21(35-5)12-9-19)23(29)15-27(36(6,33)34)22-13-20(28(31)32)10-7-17(22)3/h7-13,16,18H,14-15H2,1-6H3,(H,25,30)/t18-/m1/s1. The Morgan fingerprint density at radius 3 is 2.22 bits per heavy atom. The van der Waals surface area contributed by atoms with Gasteiger partial charge in [-0.1, -0.05) is 18.2 Å². The number of sulfonamides is 1. The van der Waals surface area contributed by atoms with Crippen molar-refractivity contribution in [3.8, 4) is 5.75 Å². The van der Waals surface area contributed by atoms with Gasteiger partial charge in [0.05, 0.1) is 24.0 Å². The summed E-state index contributed by atoms with van der Waals surface area (Å²) in [7, 11) is -2.49. The SMILES string of the molecule is COc1ccc(CN(C(=O)CN(c2cc([N+](=O)[O-])ccc2C)S(C)(=O)=O)[C@H](C)C(=O)NC(C)C)cc1. The molecular weight excluding hydrogens is 488 g/mol. The minimum absolute atomic E-state index is 0.0173. The fraction of sp³-hybridized carbons (Fsp3) is 0.417. The van der Waals surface area contributed by atoms with Gasteiger partial charge in [0, 0.05) is 24.7 Å². The number of carbonyl (C=O) groups excluding carboxylic acids is 2. The van der Waals surface area contributed by atoms with Gasteiger partial charge < -0.3 is 15.0 Å². The highest BCUT2D eigenvalue weighted by Gasteiger charge is 2.31. The summed E-state index contributed by atoms with van der Waals surface area (Å²) < 4.78 is 31.4. The molecule has 11 nitrogen and oxygen atoms in total. The average Bonchev–Trinajstić information content (AvgIpc) is 2.80. The topological polar surface area (TPSA) is 139 Å². The molecule has 12 heteroatoms. The second-order valence-corrected chi connectivity index (χ2v) is 10.6. The molecule has 0 unspecified atom stereocenters. The molecule has 0 spiro atoms. The predicted octanol–water partition coefficient (Wildman–Crippen LogP) is 2.62. The average molecular weight is 521 g/mol. The van der Waals surface area contributed by atoms with Crippen molar-refractivity contribution in [2.45, 2.75) is 46.3 Å². The van der Waals surface area contributed by atoms with E-state index in [0.717, 1.165) is 16.6 Å². The van der Waals surface area contributed by atoms with E-state index in [1.807, 2.05) is 0 Å². The zero-order valence-corrected chi connectivity index (χ0v) is 22.0. The molecule has 0 heterocycles. The van der Waals surface area contributed by atoms with E-state index in [9.17, 15) is 28.1 Å². The minimum Gasteiger partial charge on any atom is -0.497 e. The highest BCUT2D eigenvalue weighted by molar-refractivity contribution is 7.92. The van der Waals surface area contributed by atoms with Gasteiger partial charge in [-0.05, 0) is 51.0 Å². The van der Waals surface area contributed by atoms with Crippen LogP contribution in [-0.4, -0.2) is 62.0 Å². The summed E-state index contributed by atoms with van der Waals surface area (Å²) in [4.78, 5) is 38.2. The number of nitrogens with zero attached hydrogens (tertiary/aromatic N) is 3. The Hall–Kier alpha value is -3.67. The normalized spacial score (nSPS) is 12.1. The molecule has 0 aromatic heterocycles. The molecule has 0 fully saturated rings. The molecule has 196 valence electrons. The monoisotopic (exact) mass is 520 g/mol. The Kier molecular flexibility index (Phi) is 9.40. The number of methoxy groups -OCH3 is 1. The molecule has 1 N–H and O–H groups in total. The maximum atomic E-state index is 13.5. The summed E-state index contributed by atoms with van der Waals surface area (Å²) >= 11 is 0. The van der Waals surface area contributed by atoms with Gasteiger partial charge in [0.2, 0.25) is 21.8 Å². The number of hydrogen-bond donors (Lipinski definition) is 1. The van der Waals surface area contributed by atoms with E-state index in [-0.39, 0.29) is 24.0 Å². The first-order chi connectivity index (χ1) is 16.7. The lowest BCUT2D eigenvalue weighted by Crippen LogP contribution is -2.52. The summed E-state index contributed by atoms with van der Waals surface area (Å²) in [6, 6.07) is 9.62. The third kappa shape index (κ3) is 7.41. The lowest BCUT2D eigenvalue weighted by Gasteiger charge is -2.32. The van der Waals surface area contributed by atoms with Gasteiger partial charge in [0.25, 0.3) is 5.69 Å². The van der Waals surface area contributed by atoms with Crippen LogP contribution in [0.5, 0.6) is 5.75 Å². The number of hydrogen-bond acceptors (Lipinski definition) is 7. The van der Waals surface area contributed by atoms with Crippen molar-refractivity contribution in [2.24, 2.45) is 0 Å². The Balaban J connectivity index is 2.47. The van der Waals surface area contributed by atoms with Gasteiger partial charge in [-0.15, -0.1) is 0 Å². The van der Waals surface area contributed by atoms with E-state index in [0.29, 0.717) is 16.9 Å². The number of amides is 2. The summed E-state index contributed by atoms with van der Waals surface area (Å²) in [5.41, 5.74) is 0.845. The lowest BCUT2D eigenvalue weighted by molar-refractivity contribution is -0.384. The number of aryl methyl sites for hydroxylation is 1. The molecule has 1 atom stereocenters. The maximum absolute atomic E-state index is 13.5. The predicted molar refractivity (Wildman–Crippen MR) is 136 cm³/mol. The second-order valence-electron chi connectivity index (χ2n) is 8.71. The highest BCUT2D eigenvalue weighted by Crippen LogP contribution is 2.28. The zero-order valence-electron chi connectivity index (χ0n) is 21.2. The first-order valence-corrected chi connectivity index (χ1v) is 13.0. The van der Waals surface area contributed by atoms with Crippen LogP contribution in [0.2, 0.25) is 0 Å². The molecule has 0 saturated heterocycles. The van der Waals surface area contributed by atoms with Crippen LogP contribution in [0.4, 0.5) is 11.4 Å². The van der Waals surface area contributed by atoms with Crippen molar-refractivity contribution in [3.05, 3.63) is 63.7 Å². The molecule has 0 radical (unpaired) electrons. The first kappa shape index (κ1) is 28.6. The number of non-ortho nitro benzene ring substituents is 1. The first-order valence-electron chi connectivity index (χ1n) is 11.2. The number of rotatable bonds is 11. The van der Waals surface area contributed by atoms with Crippen molar-refractivity contribution in [2.75, 3.05) is 24.2 Å². The summed E-state index contributed by atoms with van der Waals surface area (Å²) in [5.74, 6) is -0.426. The molecule has 0 aliphatic rings. The molecule has 2 aromatic rings. The smallest absolute Gasteiger partial charge is 0.271 e. The van der Waals surface area contributed by atoms with E-state index >= 15 is 0 Å². The van der Waals surface area contributed by atoms with Gasteiger partial charge in [-0.2, -0.15) is 0 Å². The number of carbonyl (C=O) groups is 2. The minimum atomic E-state index is -4.01. The van der Waals surface area contributed by atoms with Crippen molar-refractivity contribution in [1.82, 2.24) is 10.2 Å². The highest BCUT2D eigenvalue weighted by atomic mass is 32.2. The summed E-state index contributed by atoms with van der Waals surface area (Å²) in [6.45, 7) is 6.11. The molecule has 0 aliphatic carbocycles. The second kappa shape index (κ2) is 11.8. The number of benzene rings is 2. The van der Waals surface area contributed by atoms with Crippen molar-refractivity contribution in [3.63, 3.8) is 0 Å². The van der Waals surface area contributed by atoms with Crippen LogP contribution >= 0.6 is 0 Å². The Labute approximate surface area is 211 Å². The van der Waals surface area contributed by atoms with E-state index < -0.39 is 39.3 Å². The van der Waals surface area contributed by atoms with E-state index in [2.05, 4.69) is 5.32 Å². The van der Waals surface area contributed by atoms with E-state index in [4.69, 9.17) is 4.74 Å². The zero-order chi connectivity index (χ0) is 27.2.